The molecule has 2 heteroatoms. The number of aryl methyl sites for hydroxylation is 2. The molecule has 0 N–H and O–H groups in total. The fourth-order valence-corrected chi connectivity index (χ4v) is 1.03. The Kier molecular flexibility index (Phi) is 9.73. The Bertz CT molecular complexity index is 357. The van der Waals surface area contributed by atoms with Crippen molar-refractivity contribution in [3.63, 3.8) is 0 Å². The lowest BCUT2D eigenvalue weighted by Gasteiger charge is -1.88. The van der Waals surface area contributed by atoms with E-state index < -0.39 is 0 Å². The van der Waals surface area contributed by atoms with Gasteiger partial charge in [-0.25, -0.2) is 0 Å². The molecule has 0 radical (unpaired) electrons. The summed E-state index contributed by atoms with van der Waals surface area (Å²) in [6.07, 6.45) is 8.33. The number of pyridine rings is 2. The van der Waals surface area contributed by atoms with Crippen LogP contribution in [0.5, 0.6) is 0 Å². The van der Waals surface area contributed by atoms with Crippen LogP contribution in [0.2, 0.25) is 0 Å². The van der Waals surface area contributed by atoms with Gasteiger partial charge in [-0.15, -0.1) is 0 Å². The van der Waals surface area contributed by atoms with Crippen molar-refractivity contribution in [1.29, 1.82) is 0 Å². The predicted molar refractivity (Wildman–Crippen MR) is 73.9 cm³/mol. The molecule has 92 valence electrons. The van der Waals surface area contributed by atoms with Crippen molar-refractivity contribution in [2.75, 3.05) is 0 Å². The Morgan fingerprint density at radius 2 is 1.59 bits per heavy atom. The lowest BCUT2D eigenvalue weighted by atomic mass is 10.2. The standard InChI is InChI=1S/C7H9N.C6H7N.C2H6/c1-2-7-4-3-5-8-6-7;1-6-2-4-7-5-3-6;1-2/h3-6H,2H2,1H3;2-5H,1H3;1-2H3. The monoisotopic (exact) mass is 230 g/mol. The summed E-state index contributed by atoms with van der Waals surface area (Å²) in [5, 5.41) is 0. The quantitative estimate of drug-likeness (QED) is 0.738. The predicted octanol–water partition coefficient (Wildman–Crippen LogP) is 4.06. The third-order valence-corrected chi connectivity index (χ3v) is 1.98. The number of hydrogen-bond acceptors (Lipinski definition) is 2. The van der Waals surface area contributed by atoms with Crippen LogP contribution in [0.4, 0.5) is 0 Å². The van der Waals surface area contributed by atoms with E-state index in [9.17, 15) is 0 Å². The van der Waals surface area contributed by atoms with E-state index in [1.54, 1.807) is 18.6 Å². The maximum atomic E-state index is 3.96. The van der Waals surface area contributed by atoms with Gasteiger partial charge in [0.1, 0.15) is 0 Å². The molecular formula is C15H22N2. The molecule has 0 bridgehead atoms. The lowest BCUT2D eigenvalue weighted by molar-refractivity contribution is 1.10. The molecule has 0 aliphatic carbocycles. The fraction of sp³-hybridized carbons (Fsp3) is 0.333. The van der Waals surface area contributed by atoms with Crippen molar-refractivity contribution in [2.45, 2.75) is 34.1 Å². The largest absolute Gasteiger partial charge is 0.265 e. The summed E-state index contributed by atoms with van der Waals surface area (Å²) in [6.45, 7) is 8.17. The van der Waals surface area contributed by atoms with E-state index in [4.69, 9.17) is 0 Å². The molecule has 0 saturated heterocycles. The molecule has 0 saturated carbocycles. The van der Waals surface area contributed by atoms with Crippen molar-refractivity contribution in [2.24, 2.45) is 0 Å². The molecule has 0 spiro atoms. The minimum absolute atomic E-state index is 1.08. The Morgan fingerprint density at radius 3 is 1.88 bits per heavy atom. The maximum Gasteiger partial charge on any atom is 0.0299 e. The summed E-state index contributed by atoms with van der Waals surface area (Å²) < 4.78 is 0. The van der Waals surface area contributed by atoms with Crippen LogP contribution >= 0.6 is 0 Å². The van der Waals surface area contributed by atoms with Crippen molar-refractivity contribution < 1.29 is 0 Å². The van der Waals surface area contributed by atoms with Crippen LogP contribution in [0.15, 0.2) is 49.1 Å². The molecule has 0 amide bonds. The lowest BCUT2D eigenvalue weighted by Crippen LogP contribution is -1.77. The minimum atomic E-state index is 1.08. The Morgan fingerprint density at radius 1 is 0.941 bits per heavy atom. The van der Waals surface area contributed by atoms with Gasteiger partial charge in [-0.3, -0.25) is 9.97 Å². The zero-order chi connectivity index (χ0) is 12.9. The van der Waals surface area contributed by atoms with Gasteiger partial charge in [0.05, 0.1) is 0 Å². The van der Waals surface area contributed by atoms with Crippen molar-refractivity contribution >= 4 is 0 Å². The highest BCUT2D eigenvalue weighted by atomic mass is 14.6. The molecule has 0 fully saturated rings. The van der Waals surface area contributed by atoms with E-state index >= 15 is 0 Å². The third-order valence-electron chi connectivity index (χ3n) is 1.98. The average Bonchev–Trinajstić information content (AvgIpc) is 2.43. The smallest absolute Gasteiger partial charge is 0.0299 e. The first-order chi connectivity index (χ1) is 8.33. The van der Waals surface area contributed by atoms with Gasteiger partial charge in [0.2, 0.25) is 0 Å². The second kappa shape index (κ2) is 10.8. The molecule has 2 aromatic heterocycles. The van der Waals surface area contributed by atoms with E-state index in [2.05, 4.69) is 23.0 Å². The zero-order valence-corrected chi connectivity index (χ0v) is 11.2. The average molecular weight is 230 g/mol. The van der Waals surface area contributed by atoms with Gasteiger partial charge >= 0.3 is 0 Å². The summed E-state index contributed by atoms with van der Waals surface area (Å²) in [5.74, 6) is 0. The van der Waals surface area contributed by atoms with Crippen LogP contribution in [0.1, 0.15) is 31.9 Å². The highest BCUT2D eigenvalue weighted by Gasteiger charge is 1.81. The van der Waals surface area contributed by atoms with Crippen molar-refractivity contribution in [3.8, 4) is 0 Å². The van der Waals surface area contributed by atoms with Crippen LogP contribution < -0.4 is 0 Å². The van der Waals surface area contributed by atoms with Crippen LogP contribution in [0, 0.1) is 6.92 Å². The first kappa shape index (κ1) is 15.3. The van der Waals surface area contributed by atoms with E-state index in [-0.39, 0.29) is 0 Å². The number of nitrogens with zero attached hydrogens (tertiary/aromatic N) is 2. The molecule has 0 atom stereocenters. The van der Waals surface area contributed by atoms with Gasteiger partial charge in [-0.1, -0.05) is 26.8 Å². The molecule has 2 rings (SSSR count). The van der Waals surface area contributed by atoms with Gasteiger partial charge in [0.15, 0.2) is 0 Å². The molecular weight excluding hydrogens is 208 g/mol. The normalized spacial score (nSPS) is 8.24. The highest BCUT2D eigenvalue weighted by Crippen LogP contribution is 1.93. The van der Waals surface area contributed by atoms with Crippen LogP contribution in [0.3, 0.4) is 0 Å². The van der Waals surface area contributed by atoms with Crippen molar-refractivity contribution in [1.82, 2.24) is 9.97 Å². The van der Waals surface area contributed by atoms with Crippen LogP contribution in [-0.4, -0.2) is 9.97 Å². The summed E-state index contributed by atoms with van der Waals surface area (Å²) >= 11 is 0. The SMILES string of the molecule is CC.CCc1cccnc1.Cc1ccncc1. The number of aromatic nitrogens is 2. The minimum Gasteiger partial charge on any atom is -0.265 e. The first-order valence-electron chi connectivity index (χ1n) is 6.08. The first-order valence-corrected chi connectivity index (χ1v) is 6.08. The van der Waals surface area contributed by atoms with Gasteiger partial charge in [-0.2, -0.15) is 0 Å². The second-order valence-electron chi connectivity index (χ2n) is 3.24. The van der Waals surface area contributed by atoms with Gasteiger partial charge < -0.3 is 0 Å². The topological polar surface area (TPSA) is 25.8 Å². The Labute approximate surface area is 105 Å². The Balaban J connectivity index is 0.000000265. The summed E-state index contributed by atoms with van der Waals surface area (Å²) in [6, 6.07) is 7.98. The van der Waals surface area contributed by atoms with E-state index in [0.717, 1.165) is 6.42 Å². The molecule has 0 aliphatic heterocycles. The van der Waals surface area contributed by atoms with E-state index in [1.165, 1.54) is 11.1 Å². The van der Waals surface area contributed by atoms with Gasteiger partial charge in [0, 0.05) is 24.8 Å². The van der Waals surface area contributed by atoms with E-state index in [0.29, 0.717) is 0 Å². The van der Waals surface area contributed by atoms with Crippen LogP contribution in [0.25, 0.3) is 0 Å². The summed E-state index contributed by atoms with van der Waals surface area (Å²) in [4.78, 5) is 7.80. The molecule has 2 nitrogen and oxygen atoms in total. The molecule has 0 aliphatic rings. The Hall–Kier alpha value is -1.70. The van der Waals surface area contributed by atoms with Crippen molar-refractivity contribution in [3.05, 3.63) is 60.2 Å². The zero-order valence-electron chi connectivity index (χ0n) is 11.2. The molecule has 2 aromatic rings. The maximum absolute atomic E-state index is 3.96. The van der Waals surface area contributed by atoms with Gasteiger partial charge in [-0.05, 0) is 42.7 Å². The molecule has 17 heavy (non-hydrogen) atoms. The molecule has 0 aromatic carbocycles. The second-order valence-corrected chi connectivity index (χ2v) is 3.24. The highest BCUT2D eigenvalue weighted by molar-refractivity contribution is 5.07. The summed E-state index contributed by atoms with van der Waals surface area (Å²) in [5.41, 5.74) is 2.56. The summed E-state index contributed by atoms with van der Waals surface area (Å²) in [7, 11) is 0. The van der Waals surface area contributed by atoms with E-state index in [1.807, 2.05) is 45.2 Å². The molecule has 2 heterocycles. The molecule has 0 unspecified atom stereocenters. The number of rotatable bonds is 1. The van der Waals surface area contributed by atoms with Crippen LogP contribution in [-0.2, 0) is 6.42 Å². The number of hydrogen-bond donors (Lipinski definition) is 0. The third kappa shape index (κ3) is 8.14. The fourth-order valence-electron chi connectivity index (χ4n) is 1.03. The van der Waals surface area contributed by atoms with Gasteiger partial charge in [0.25, 0.3) is 0 Å².